The number of hydrogen-bond donors (Lipinski definition) is 1. The monoisotopic (exact) mass is 416 g/mol. The van der Waals surface area contributed by atoms with Crippen molar-refractivity contribution in [3.05, 3.63) is 42.2 Å². The third-order valence-corrected chi connectivity index (χ3v) is 6.26. The smallest absolute Gasteiger partial charge is 0.410 e. The van der Waals surface area contributed by atoms with Gasteiger partial charge in [-0.1, -0.05) is 6.92 Å². The second-order valence-corrected chi connectivity index (χ2v) is 8.10. The Morgan fingerprint density at radius 2 is 2.00 bits per heavy atom. The first-order valence-corrected chi connectivity index (χ1v) is 9.79. The van der Waals surface area contributed by atoms with Crippen molar-refractivity contribution in [3.8, 4) is 11.3 Å². The Balaban J connectivity index is 1.39. The fourth-order valence-corrected chi connectivity index (χ4v) is 4.30. The van der Waals surface area contributed by atoms with E-state index in [-0.39, 0.29) is 41.6 Å². The van der Waals surface area contributed by atoms with Gasteiger partial charge in [0.25, 0.3) is 0 Å². The van der Waals surface area contributed by atoms with E-state index in [0.29, 0.717) is 18.8 Å². The van der Waals surface area contributed by atoms with Gasteiger partial charge in [0.2, 0.25) is 5.91 Å². The number of aromatic nitrogens is 2. The van der Waals surface area contributed by atoms with Gasteiger partial charge in [-0.2, -0.15) is 0 Å². The minimum atomic E-state index is -0.701. The van der Waals surface area contributed by atoms with Gasteiger partial charge in [-0.15, -0.1) is 0 Å². The molecule has 2 aliphatic heterocycles. The van der Waals surface area contributed by atoms with E-state index >= 15 is 0 Å². The van der Waals surface area contributed by atoms with Gasteiger partial charge in [-0.3, -0.25) is 14.7 Å². The highest BCUT2D eigenvalue weighted by Crippen LogP contribution is 2.42. The maximum absolute atomic E-state index is 13.4. The second-order valence-electron chi connectivity index (χ2n) is 8.10. The van der Waals surface area contributed by atoms with Crippen LogP contribution in [0.2, 0.25) is 0 Å². The van der Waals surface area contributed by atoms with Crippen LogP contribution in [0.1, 0.15) is 26.7 Å². The van der Waals surface area contributed by atoms with Crippen molar-refractivity contribution in [3.63, 3.8) is 0 Å². The Labute approximate surface area is 172 Å². The van der Waals surface area contributed by atoms with Crippen LogP contribution in [0.4, 0.5) is 19.4 Å². The van der Waals surface area contributed by atoms with E-state index in [9.17, 15) is 18.4 Å². The summed E-state index contributed by atoms with van der Waals surface area (Å²) in [6.07, 6.45) is 3.42. The highest BCUT2D eigenvalue weighted by atomic mass is 19.1. The number of cyclic esters (lactones) is 1. The Kier molecular flexibility index (Phi) is 5.13. The zero-order valence-electron chi connectivity index (χ0n) is 16.7. The van der Waals surface area contributed by atoms with Crippen LogP contribution in [0.25, 0.3) is 11.3 Å². The Bertz CT molecular complexity index is 964. The SMILES string of the molecule is CC1[C@H](CC(=O)Nc2cnc(-c3cc(F)cc(F)c3)cn2)CCN2C(=O)OC[C@@]12C. The summed E-state index contributed by atoms with van der Waals surface area (Å²) in [4.78, 5) is 34.4. The normalized spacial score (nSPS) is 25.6. The molecule has 1 N–H and O–H groups in total. The number of nitrogens with zero attached hydrogens (tertiary/aromatic N) is 3. The number of benzene rings is 1. The molecule has 0 radical (unpaired) electrons. The molecule has 1 aromatic carbocycles. The first-order valence-electron chi connectivity index (χ1n) is 9.79. The van der Waals surface area contributed by atoms with Crippen LogP contribution in [0.3, 0.4) is 0 Å². The molecule has 9 heteroatoms. The lowest BCUT2D eigenvalue weighted by Gasteiger charge is -2.46. The molecule has 1 unspecified atom stereocenters. The molecule has 3 heterocycles. The maximum Gasteiger partial charge on any atom is 0.410 e. The fourth-order valence-electron chi connectivity index (χ4n) is 4.30. The summed E-state index contributed by atoms with van der Waals surface area (Å²) >= 11 is 0. The predicted octanol–water partition coefficient (Wildman–Crippen LogP) is 3.62. The Morgan fingerprint density at radius 3 is 2.67 bits per heavy atom. The van der Waals surface area contributed by atoms with E-state index in [2.05, 4.69) is 15.3 Å². The number of piperidine rings is 1. The average molecular weight is 416 g/mol. The number of carbonyl (C=O) groups excluding carboxylic acids is 2. The van der Waals surface area contributed by atoms with Gasteiger partial charge in [0.1, 0.15) is 18.2 Å². The first-order chi connectivity index (χ1) is 14.3. The topological polar surface area (TPSA) is 84.4 Å². The summed E-state index contributed by atoms with van der Waals surface area (Å²) < 4.78 is 32.0. The fraction of sp³-hybridized carbons (Fsp3) is 0.429. The average Bonchev–Trinajstić information content (AvgIpc) is 3.00. The summed E-state index contributed by atoms with van der Waals surface area (Å²) in [6, 6.07) is 3.11. The molecule has 0 spiro atoms. The molecular formula is C21H22F2N4O3. The van der Waals surface area contributed by atoms with Crippen molar-refractivity contribution in [2.75, 3.05) is 18.5 Å². The molecule has 3 atom stereocenters. The van der Waals surface area contributed by atoms with Gasteiger partial charge < -0.3 is 10.1 Å². The lowest BCUT2D eigenvalue weighted by Crippen LogP contribution is -2.56. The number of amides is 2. The maximum atomic E-state index is 13.4. The summed E-state index contributed by atoms with van der Waals surface area (Å²) in [5.41, 5.74) is 0.161. The predicted molar refractivity (Wildman–Crippen MR) is 104 cm³/mol. The van der Waals surface area contributed by atoms with Crippen molar-refractivity contribution in [2.24, 2.45) is 11.8 Å². The summed E-state index contributed by atoms with van der Waals surface area (Å²) in [5.74, 6) is -1.15. The van der Waals surface area contributed by atoms with E-state index in [0.717, 1.165) is 24.6 Å². The summed E-state index contributed by atoms with van der Waals surface area (Å²) in [7, 11) is 0. The molecule has 30 heavy (non-hydrogen) atoms. The van der Waals surface area contributed by atoms with Crippen molar-refractivity contribution >= 4 is 17.8 Å². The second kappa shape index (κ2) is 7.62. The number of rotatable bonds is 4. The van der Waals surface area contributed by atoms with E-state index in [1.807, 2.05) is 13.8 Å². The third kappa shape index (κ3) is 3.71. The lowest BCUT2D eigenvalue weighted by molar-refractivity contribution is -0.118. The van der Waals surface area contributed by atoms with Crippen LogP contribution in [0.5, 0.6) is 0 Å². The molecular weight excluding hydrogens is 394 g/mol. The van der Waals surface area contributed by atoms with Crippen molar-refractivity contribution in [1.29, 1.82) is 0 Å². The van der Waals surface area contributed by atoms with Gasteiger partial charge >= 0.3 is 6.09 Å². The number of carbonyl (C=O) groups is 2. The number of halogens is 2. The molecule has 0 bridgehead atoms. The number of ether oxygens (including phenoxy) is 1. The van der Waals surface area contributed by atoms with Gasteiger partial charge in [0.15, 0.2) is 5.82 Å². The highest BCUT2D eigenvalue weighted by molar-refractivity contribution is 5.89. The minimum absolute atomic E-state index is 0.0970. The molecule has 2 fully saturated rings. The number of nitrogens with one attached hydrogen (secondary N) is 1. The third-order valence-electron chi connectivity index (χ3n) is 6.26. The molecule has 2 amide bonds. The summed E-state index contributed by atoms with van der Waals surface area (Å²) in [6.45, 7) is 4.93. The molecule has 1 aromatic heterocycles. The highest BCUT2D eigenvalue weighted by Gasteiger charge is 2.52. The molecule has 0 saturated carbocycles. The van der Waals surface area contributed by atoms with E-state index in [1.165, 1.54) is 12.4 Å². The molecule has 2 saturated heterocycles. The van der Waals surface area contributed by atoms with Crippen LogP contribution in [-0.4, -0.2) is 45.6 Å². The van der Waals surface area contributed by atoms with Crippen molar-refractivity contribution < 1.29 is 23.1 Å². The minimum Gasteiger partial charge on any atom is -0.447 e. The zero-order valence-corrected chi connectivity index (χ0v) is 16.7. The van der Waals surface area contributed by atoms with Gasteiger partial charge in [0.05, 0.1) is 23.6 Å². The molecule has 7 nitrogen and oxygen atoms in total. The van der Waals surface area contributed by atoms with Gasteiger partial charge in [-0.05, 0) is 37.3 Å². The molecule has 4 rings (SSSR count). The zero-order chi connectivity index (χ0) is 21.5. The summed E-state index contributed by atoms with van der Waals surface area (Å²) in [5, 5.41) is 2.72. The number of fused-ring (bicyclic) bond motifs is 1. The number of anilines is 1. The Morgan fingerprint density at radius 1 is 1.27 bits per heavy atom. The van der Waals surface area contributed by atoms with Crippen LogP contribution in [0, 0.1) is 23.5 Å². The standard InChI is InChI=1S/C21H22F2N4O3/c1-12-13(3-4-27-20(29)30-11-21(12,27)2)7-19(28)26-18-10-24-17(9-25-18)14-5-15(22)8-16(23)6-14/h5-6,8-10,12-13H,3-4,7,11H2,1-2H3,(H,25,26,28)/t12?,13-,21-/m0/s1. The Hall–Kier alpha value is -3.10. The van der Waals surface area contributed by atoms with Crippen molar-refractivity contribution in [1.82, 2.24) is 14.9 Å². The van der Waals surface area contributed by atoms with Gasteiger partial charge in [0, 0.05) is 24.6 Å². The van der Waals surface area contributed by atoms with E-state index in [4.69, 9.17) is 4.74 Å². The lowest BCUT2D eigenvalue weighted by atomic mass is 9.72. The molecule has 0 aliphatic carbocycles. The largest absolute Gasteiger partial charge is 0.447 e. The number of hydrogen-bond acceptors (Lipinski definition) is 5. The quantitative estimate of drug-likeness (QED) is 0.823. The molecule has 158 valence electrons. The van der Waals surface area contributed by atoms with E-state index in [1.54, 1.807) is 4.90 Å². The van der Waals surface area contributed by atoms with Gasteiger partial charge in [-0.25, -0.2) is 18.6 Å². The molecule has 2 aromatic rings. The van der Waals surface area contributed by atoms with Crippen LogP contribution >= 0.6 is 0 Å². The van der Waals surface area contributed by atoms with Crippen LogP contribution in [-0.2, 0) is 9.53 Å². The van der Waals surface area contributed by atoms with E-state index < -0.39 is 17.2 Å². The molecule has 2 aliphatic rings. The first kappa shape index (κ1) is 20.2. The van der Waals surface area contributed by atoms with Crippen molar-refractivity contribution in [2.45, 2.75) is 32.2 Å². The van der Waals surface area contributed by atoms with Crippen LogP contribution in [0.15, 0.2) is 30.6 Å². The van der Waals surface area contributed by atoms with Crippen LogP contribution < -0.4 is 5.32 Å².